The number of methoxy groups -OCH3 is 1. The Morgan fingerprint density at radius 2 is 1.77 bits per heavy atom. The normalized spacial score (nSPS) is 10.3. The number of nitrogens with one attached hydrogen (secondary N) is 2. The Balaban J connectivity index is 1.83. The van der Waals surface area contributed by atoms with E-state index in [-0.39, 0.29) is 6.03 Å². The molecule has 2 N–H and O–H groups in total. The number of urea groups is 1. The van der Waals surface area contributed by atoms with E-state index in [9.17, 15) is 4.79 Å². The molecule has 0 aliphatic heterocycles. The Morgan fingerprint density at radius 3 is 2.50 bits per heavy atom. The van der Waals surface area contributed by atoms with Crippen molar-refractivity contribution in [2.24, 2.45) is 0 Å². The average molecular weight is 299 g/mol. The molecule has 1 aromatic carbocycles. The first-order chi connectivity index (χ1) is 10.7. The first-order valence-corrected chi connectivity index (χ1v) is 7.19. The maximum absolute atomic E-state index is 11.9. The summed E-state index contributed by atoms with van der Waals surface area (Å²) in [6.07, 6.45) is 0. The van der Waals surface area contributed by atoms with Gasteiger partial charge >= 0.3 is 6.03 Å². The third-order valence-electron chi connectivity index (χ3n) is 3.23. The monoisotopic (exact) mass is 299 g/mol. The van der Waals surface area contributed by atoms with E-state index in [4.69, 9.17) is 4.74 Å². The summed E-state index contributed by atoms with van der Waals surface area (Å²) in [6, 6.07) is 13.4. The minimum absolute atomic E-state index is 0.212. The van der Waals surface area contributed by atoms with Gasteiger partial charge in [-0.1, -0.05) is 30.3 Å². The van der Waals surface area contributed by atoms with Crippen molar-refractivity contribution in [1.82, 2.24) is 15.6 Å². The molecule has 0 saturated heterocycles. The first kappa shape index (κ1) is 16.0. The summed E-state index contributed by atoms with van der Waals surface area (Å²) < 4.78 is 5.16. The third-order valence-corrected chi connectivity index (χ3v) is 3.23. The van der Waals surface area contributed by atoms with Crippen molar-refractivity contribution in [3.8, 4) is 0 Å². The number of nitrogens with zero attached hydrogens (tertiary/aromatic N) is 1. The fourth-order valence-electron chi connectivity index (χ4n) is 2.13. The van der Waals surface area contributed by atoms with Gasteiger partial charge in [-0.15, -0.1) is 0 Å². The van der Waals surface area contributed by atoms with Crippen LogP contribution in [0.25, 0.3) is 0 Å². The van der Waals surface area contributed by atoms with E-state index in [1.807, 2.05) is 49.4 Å². The fraction of sp³-hybridized carbons (Fsp3) is 0.294. The van der Waals surface area contributed by atoms with Crippen molar-refractivity contribution >= 4 is 6.03 Å². The number of ether oxygens (including phenoxy) is 1. The average Bonchev–Trinajstić information content (AvgIpc) is 2.52. The molecule has 0 aliphatic carbocycles. The van der Waals surface area contributed by atoms with Crippen molar-refractivity contribution < 1.29 is 9.53 Å². The van der Waals surface area contributed by atoms with Crippen LogP contribution in [0.3, 0.4) is 0 Å². The lowest BCUT2D eigenvalue weighted by Gasteiger charge is -2.11. The van der Waals surface area contributed by atoms with Gasteiger partial charge in [-0.3, -0.25) is 4.98 Å². The van der Waals surface area contributed by atoms with Crippen LogP contribution in [0.2, 0.25) is 0 Å². The molecule has 0 fully saturated rings. The Hall–Kier alpha value is -2.40. The first-order valence-electron chi connectivity index (χ1n) is 7.19. The SMILES string of the molecule is COCc1ccccc1CNC(=O)NCc1cccc(C)n1. The molecule has 0 bridgehead atoms. The zero-order valence-electron chi connectivity index (χ0n) is 12.9. The lowest BCUT2D eigenvalue weighted by Crippen LogP contribution is -2.35. The second kappa shape index (κ2) is 8.14. The van der Waals surface area contributed by atoms with Gasteiger partial charge in [0.25, 0.3) is 0 Å². The maximum Gasteiger partial charge on any atom is 0.315 e. The highest BCUT2D eigenvalue weighted by Crippen LogP contribution is 2.09. The zero-order chi connectivity index (χ0) is 15.8. The minimum atomic E-state index is -0.212. The predicted molar refractivity (Wildman–Crippen MR) is 85.2 cm³/mol. The largest absolute Gasteiger partial charge is 0.380 e. The van der Waals surface area contributed by atoms with Gasteiger partial charge in [0.15, 0.2) is 0 Å². The van der Waals surface area contributed by atoms with Crippen LogP contribution < -0.4 is 10.6 Å². The lowest BCUT2D eigenvalue weighted by atomic mass is 10.1. The topological polar surface area (TPSA) is 63.2 Å². The molecule has 1 aromatic heterocycles. The molecule has 0 unspecified atom stereocenters. The summed E-state index contributed by atoms with van der Waals surface area (Å²) in [4.78, 5) is 16.2. The summed E-state index contributed by atoms with van der Waals surface area (Å²) >= 11 is 0. The number of hydrogen-bond donors (Lipinski definition) is 2. The van der Waals surface area contributed by atoms with Crippen LogP contribution in [-0.4, -0.2) is 18.1 Å². The Bertz CT molecular complexity index is 629. The number of aryl methyl sites for hydroxylation is 1. The number of benzene rings is 1. The van der Waals surface area contributed by atoms with Crippen molar-refractivity contribution in [1.29, 1.82) is 0 Å². The number of amides is 2. The molecule has 0 saturated carbocycles. The van der Waals surface area contributed by atoms with E-state index < -0.39 is 0 Å². The van der Waals surface area contributed by atoms with Gasteiger partial charge in [-0.05, 0) is 30.2 Å². The van der Waals surface area contributed by atoms with Crippen molar-refractivity contribution in [3.63, 3.8) is 0 Å². The van der Waals surface area contributed by atoms with E-state index >= 15 is 0 Å². The van der Waals surface area contributed by atoms with Gasteiger partial charge in [-0.2, -0.15) is 0 Å². The van der Waals surface area contributed by atoms with E-state index in [0.29, 0.717) is 19.7 Å². The van der Waals surface area contributed by atoms with Gasteiger partial charge in [0.05, 0.1) is 18.8 Å². The molecule has 2 rings (SSSR count). The predicted octanol–water partition coefficient (Wildman–Crippen LogP) is 2.54. The molecule has 5 nitrogen and oxygen atoms in total. The molecule has 22 heavy (non-hydrogen) atoms. The summed E-state index contributed by atoms with van der Waals surface area (Å²) in [6.45, 7) is 3.34. The summed E-state index contributed by atoms with van der Waals surface area (Å²) in [5.74, 6) is 0. The Morgan fingerprint density at radius 1 is 1.05 bits per heavy atom. The van der Waals surface area contributed by atoms with Gasteiger partial charge in [0.1, 0.15) is 0 Å². The number of carbonyl (C=O) groups excluding carboxylic acids is 1. The maximum atomic E-state index is 11.9. The van der Waals surface area contributed by atoms with Gasteiger partial charge in [0, 0.05) is 19.3 Å². The Labute approximate surface area is 130 Å². The number of rotatable bonds is 6. The van der Waals surface area contributed by atoms with E-state index in [0.717, 1.165) is 22.5 Å². The van der Waals surface area contributed by atoms with Crippen LogP contribution in [0.5, 0.6) is 0 Å². The highest BCUT2D eigenvalue weighted by atomic mass is 16.5. The molecule has 1 heterocycles. The molecular formula is C17H21N3O2. The van der Waals surface area contributed by atoms with Crippen molar-refractivity contribution in [3.05, 3.63) is 65.0 Å². The van der Waals surface area contributed by atoms with Crippen LogP contribution in [0.15, 0.2) is 42.5 Å². The molecule has 2 aromatic rings. The molecular weight excluding hydrogens is 278 g/mol. The van der Waals surface area contributed by atoms with E-state index in [1.165, 1.54) is 0 Å². The minimum Gasteiger partial charge on any atom is -0.380 e. The number of hydrogen-bond acceptors (Lipinski definition) is 3. The smallest absolute Gasteiger partial charge is 0.315 e. The van der Waals surface area contributed by atoms with E-state index in [1.54, 1.807) is 7.11 Å². The highest BCUT2D eigenvalue weighted by molar-refractivity contribution is 5.73. The van der Waals surface area contributed by atoms with Crippen molar-refractivity contribution in [2.75, 3.05) is 7.11 Å². The van der Waals surface area contributed by atoms with Gasteiger partial charge in [0.2, 0.25) is 0 Å². The van der Waals surface area contributed by atoms with E-state index in [2.05, 4.69) is 15.6 Å². The molecule has 0 atom stereocenters. The van der Waals surface area contributed by atoms with Crippen LogP contribution >= 0.6 is 0 Å². The summed E-state index contributed by atoms with van der Waals surface area (Å²) in [5, 5.41) is 5.65. The van der Waals surface area contributed by atoms with Crippen LogP contribution in [0.1, 0.15) is 22.5 Å². The third kappa shape index (κ3) is 4.86. The molecule has 116 valence electrons. The van der Waals surface area contributed by atoms with Crippen molar-refractivity contribution in [2.45, 2.75) is 26.6 Å². The summed E-state index contributed by atoms with van der Waals surface area (Å²) in [7, 11) is 1.66. The quantitative estimate of drug-likeness (QED) is 0.861. The fourth-order valence-corrected chi connectivity index (χ4v) is 2.13. The molecule has 0 radical (unpaired) electrons. The number of aromatic nitrogens is 1. The van der Waals surface area contributed by atoms with Crippen LogP contribution in [0, 0.1) is 6.92 Å². The lowest BCUT2D eigenvalue weighted by molar-refractivity contribution is 0.184. The Kier molecular flexibility index (Phi) is 5.91. The molecule has 2 amide bonds. The number of carbonyl (C=O) groups is 1. The van der Waals surface area contributed by atoms with Crippen LogP contribution in [-0.2, 0) is 24.4 Å². The standard InChI is InChI=1S/C17H21N3O2/c1-13-6-5-9-16(20-13)11-19-17(21)18-10-14-7-3-4-8-15(14)12-22-2/h3-9H,10-12H2,1-2H3,(H2,18,19,21). The molecule has 5 heteroatoms. The molecule has 0 spiro atoms. The second-order valence-corrected chi connectivity index (χ2v) is 5.01. The molecule has 0 aliphatic rings. The highest BCUT2D eigenvalue weighted by Gasteiger charge is 2.05. The van der Waals surface area contributed by atoms with Gasteiger partial charge in [-0.25, -0.2) is 4.79 Å². The second-order valence-electron chi connectivity index (χ2n) is 5.01. The van der Waals surface area contributed by atoms with Crippen LogP contribution in [0.4, 0.5) is 4.79 Å². The zero-order valence-corrected chi connectivity index (χ0v) is 12.9. The summed E-state index contributed by atoms with van der Waals surface area (Å²) in [5.41, 5.74) is 3.90. The van der Waals surface area contributed by atoms with Gasteiger partial charge < -0.3 is 15.4 Å². The number of pyridine rings is 1.